The van der Waals surface area contributed by atoms with E-state index in [4.69, 9.17) is 0 Å². The van der Waals surface area contributed by atoms with Gasteiger partial charge >= 0.3 is 5.97 Å². The molecule has 0 saturated carbocycles. The number of hydrogen-bond acceptors (Lipinski definition) is 4. The minimum atomic E-state index is -0.902. The van der Waals surface area contributed by atoms with E-state index in [2.05, 4.69) is 15.2 Å². The molecule has 5 nitrogen and oxygen atoms in total. The first-order valence-corrected chi connectivity index (χ1v) is 7.76. The molecule has 0 amide bonds. The summed E-state index contributed by atoms with van der Waals surface area (Å²) < 4.78 is 0. The number of carbonyl (C=O) groups is 1. The molecule has 2 fully saturated rings. The van der Waals surface area contributed by atoms with E-state index in [-0.39, 0.29) is 0 Å². The second-order valence-electron chi connectivity index (χ2n) is 6.27. The summed E-state index contributed by atoms with van der Waals surface area (Å²) in [6.07, 6.45) is 4.76. The average molecular weight is 289 g/mol. The molecule has 0 aromatic carbocycles. The fourth-order valence-corrected chi connectivity index (χ4v) is 3.79. The fraction of sp³-hybridized carbons (Fsp3) is 0.625. The zero-order chi connectivity index (χ0) is 15.0. The van der Waals surface area contributed by atoms with E-state index in [1.54, 1.807) is 6.92 Å². The van der Waals surface area contributed by atoms with Crippen LogP contribution < -0.4 is 5.32 Å². The summed E-state index contributed by atoms with van der Waals surface area (Å²) >= 11 is 0. The smallest absolute Gasteiger partial charge is 0.339 e. The Balaban J connectivity index is 1.79. The topological polar surface area (TPSA) is 65.5 Å². The molecule has 2 N–H and O–H groups in total. The number of aryl methyl sites for hydroxylation is 2. The molecule has 5 heteroatoms. The number of piperidine rings is 1. The van der Waals surface area contributed by atoms with Crippen LogP contribution in [0.5, 0.6) is 0 Å². The lowest BCUT2D eigenvalue weighted by Crippen LogP contribution is -2.43. The second kappa shape index (κ2) is 5.64. The molecule has 2 unspecified atom stereocenters. The maximum Gasteiger partial charge on any atom is 0.339 e. The Bertz CT molecular complexity index is 559. The summed E-state index contributed by atoms with van der Waals surface area (Å²) in [5.41, 5.74) is 2.49. The third kappa shape index (κ3) is 2.88. The van der Waals surface area contributed by atoms with Gasteiger partial charge in [0.05, 0.1) is 11.4 Å². The zero-order valence-electron chi connectivity index (χ0n) is 12.7. The zero-order valence-corrected chi connectivity index (χ0v) is 12.7. The van der Waals surface area contributed by atoms with Crippen molar-refractivity contribution in [2.24, 2.45) is 0 Å². The van der Waals surface area contributed by atoms with Gasteiger partial charge in [-0.15, -0.1) is 0 Å². The highest BCUT2D eigenvalue weighted by Gasteiger charge is 2.32. The second-order valence-corrected chi connectivity index (χ2v) is 6.27. The van der Waals surface area contributed by atoms with Crippen LogP contribution in [0, 0.1) is 13.8 Å². The number of aromatic nitrogens is 1. The van der Waals surface area contributed by atoms with Gasteiger partial charge in [0.1, 0.15) is 5.56 Å². The van der Waals surface area contributed by atoms with Crippen molar-refractivity contribution in [1.29, 1.82) is 0 Å². The Morgan fingerprint density at radius 1 is 1.38 bits per heavy atom. The number of carboxylic acids is 1. The first-order valence-electron chi connectivity index (χ1n) is 7.76. The Morgan fingerprint density at radius 2 is 2.19 bits per heavy atom. The minimum absolute atomic E-state index is 0.314. The van der Waals surface area contributed by atoms with Gasteiger partial charge in [0.2, 0.25) is 0 Å². The molecule has 3 heterocycles. The molecule has 114 valence electrons. The van der Waals surface area contributed by atoms with Crippen LogP contribution in [0.3, 0.4) is 0 Å². The molecule has 2 atom stereocenters. The van der Waals surface area contributed by atoms with E-state index in [0.29, 0.717) is 23.3 Å². The monoisotopic (exact) mass is 289 g/mol. The molecule has 0 spiro atoms. The summed E-state index contributed by atoms with van der Waals surface area (Å²) in [4.78, 5) is 18.3. The van der Waals surface area contributed by atoms with Gasteiger partial charge in [-0.1, -0.05) is 0 Å². The molecular formula is C16H23N3O2. The van der Waals surface area contributed by atoms with Gasteiger partial charge in [-0.3, -0.25) is 4.98 Å². The SMILES string of the molecule is Cc1cc(NC2CCN3CCCC3C2)c(C(=O)O)c(C)n1. The molecule has 2 aliphatic rings. The number of hydrogen-bond donors (Lipinski definition) is 2. The van der Waals surface area contributed by atoms with Crippen LogP contribution in [0.1, 0.15) is 47.4 Å². The summed E-state index contributed by atoms with van der Waals surface area (Å²) in [6.45, 7) is 6.02. The summed E-state index contributed by atoms with van der Waals surface area (Å²) in [7, 11) is 0. The van der Waals surface area contributed by atoms with Gasteiger partial charge in [0.15, 0.2) is 0 Å². The number of carboxylic acid groups (broad SMARTS) is 1. The van der Waals surface area contributed by atoms with Crippen LogP contribution in [-0.4, -0.2) is 46.1 Å². The lowest BCUT2D eigenvalue weighted by molar-refractivity contribution is 0.0696. The number of nitrogens with one attached hydrogen (secondary N) is 1. The van der Waals surface area contributed by atoms with Gasteiger partial charge in [-0.05, 0) is 52.1 Å². The first-order chi connectivity index (χ1) is 10.0. The molecule has 2 saturated heterocycles. The van der Waals surface area contributed by atoms with Crippen molar-refractivity contribution in [3.63, 3.8) is 0 Å². The van der Waals surface area contributed by atoms with Crippen molar-refractivity contribution in [3.8, 4) is 0 Å². The van der Waals surface area contributed by atoms with Crippen LogP contribution in [0.2, 0.25) is 0 Å². The summed E-state index contributed by atoms with van der Waals surface area (Å²) in [5.74, 6) is -0.902. The highest BCUT2D eigenvalue weighted by molar-refractivity contribution is 5.95. The van der Waals surface area contributed by atoms with Crippen molar-refractivity contribution >= 4 is 11.7 Å². The van der Waals surface area contributed by atoms with Gasteiger partial charge in [0.25, 0.3) is 0 Å². The number of aromatic carboxylic acids is 1. The quantitative estimate of drug-likeness (QED) is 0.894. The van der Waals surface area contributed by atoms with E-state index in [0.717, 1.165) is 30.8 Å². The van der Waals surface area contributed by atoms with E-state index >= 15 is 0 Å². The Morgan fingerprint density at radius 3 is 2.95 bits per heavy atom. The number of pyridine rings is 1. The summed E-state index contributed by atoms with van der Waals surface area (Å²) in [6, 6.07) is 2.90. The van der Waals surface area contributed by atoms with Crippen molar-refractivity contribution in [2.75, 3.05) is 18.4 Å². The molecule has 21 heavy (non-hydrogen) atoms. The van der Waals surface area contributed by atoms with Gasteiger partial charge in [-0.2, -0.15) is 0 Å². The largest absolute Gasteiger partial charge is 0.478 e. The van der Waals surface area contributed by atoms with Crippen LogP contribution in [0.4, 0.5) is 5.69 Å². The van der Waals surface area contributed by atoms with Crippen LogP contribution >= 0.6 is 0 Å². The average Bonchev–Trinajstić information content (AvgIpc) is 2.84. The van der Waals surface area contributed by atoms with Crippen molar-refractivity contribution in [3.05, 3.63) is 23.0 Å². The molecule has 2 aliphatic heterocycles. The van der Waals surface area contributed by atoms with Crippen molar-refractivity contribution in [2.45, 2.75) is 51.6 Å². The molecule has 1 aromatic heterocycles. The van der Waals surface area contributed by atoms with Gasteiger partial charge in [-0.25, -0.2) is 4.79 Å². The lowest BCUT2D eigenvalue weighted by atomic mass is 9.97. The highest BCUT2D eigenvalue weighted by Crippen LogP contribution is 2.30. The van der Waals surface area contributed by atoms with Crippen LogP contribution in [-0.2, 0) is 0 Å². The van der Waals surface area contributed by atoms with E-state index in [1.807, 2.05) is 13.0 Å². The molecule has 0 aliphatic carbocycles. The molecular weight excluding hydrogens is 266 g/mol. The van der Waals surface area contributed by atoms with E-state index in [1.165, 1.54) is 19.4 Å². The lowest BCUT2D eigenvalue weighted by Gasteiger charge is -2.35. The van der Waals surface area contributed by atoms with E-state index < -0.39 is 5.97 Å². The molecule has 1 aromatic rings. The van der Waals surface area contributed by atoms with Crippen molar-refractivity contribution in [1.82, 2.24) is 9.88 Å². The molecule has 0 bridgehead atoms. The number of fused-ring (bicyclic) bond motifs is 1. The van der Waals surface area contributed by atoms with Crippen LogP contribution in [0.15, 0.2) is 6.07 Å². The summed E-state index contributed by atoms with van der Waals surface area (Å²) in [5, 5.41) is 12.9. The highest BCUT2D eigenvalue weighted by atomic mass is 16.4. The minimum Gasteiger partial charge on any atom is -0.478 e. The van der Waals surface area contributed by atoms with Crippen molar-refractivity contribution < 1.29 is 9.90 Å². The Kier molecular flexibility index (Phi) is 3.85. The third-order valence-electron chi connectivity index (χ3n) is 4.72. The maximum absolute atomic E-state index is 11.5. The normalized spacial score (nSPS) is 25.6. The Labute approximate surface area is 125 Å². The predicted octanol–water partition coefficient (Wildman–Crippen LogP) is 2.44. The third-order valence-corrected chi connectivity index (χ3v) is 4.72. The molecule has 0 radical (unpaired) electrons. The van der Waals surface area contributed by atoms with Crippen LogP contribution in [0.25, 0.3) is 0 Å². The van der Waals surface area contributed by atoms with Gasteiger partial charge < -0.3 is 15.3 Å². The molecule has 3 rings (SSSR count). The van der Waals surface area contributed by atoms with E-state index in [9.17, 15) is 9.90 Å². The number of nitrogens with zero attached hydrogens (tertiary/aromatic N) is 2. The van der Waals surface area contributed by atoms with Gasteiger partial charge in [0, 0.05) is 24.3 Å². The fourth-order valence-electron chi connectivity index (χ4n) is 3.79. The number of anilines is 1. The number of rotatable bonds is 3. The maximum atomic E-state index is 11.5. The first kappa shape index (κ1) is 14.3. The predicted molar refractivity (Wildman–Crippen MR) is 81.9 cm³/mol. The Hall–Kier alpha value is -1.62. The standard InChI is InChI=1S/C16H23N3O2/c1-10-8-14(15(16(20)21)11(2)17-10)18-12-5-7-19-6-3-4-13(19)9-12/h8,12-13H,3-7,9H2,1-2H3,(H,17,18)(H,20,21).